The first-order valence-electron chi connectivity index (χ1n) is 6.67. The van der Waals surface area contributed by atoms with Crippen LogP contribution in [0.3, 0.4) is 0 Å². The average molecular weight is 260 g/mol. The third kappa shape index (κ3) is 3.37. The summed E-state index contributed by atoms with van der Waals surface area (Å²) >= 11 is 0. The second kappa shape index (κ2) is 6.41. The Morgan fingerprint density at radius 3 is 2.68 bits per heavy atom. The number of carbonyl (C=O) groups excluding carboxylic acids is 1. The Bertz CT molecular complexity index is 489. The quantitative estimate of drug-likeness (QED) is 0.597. The molecule has 3 nitrogen and oxygen atoms in total. The van der Waals surface area contributed by atoms with Gasteiger partial charge < -0.3 is 9.47 Å². The van der Waals surface area contributed by atoms with Crippen molar-refractivity contribution in [2.75, 3.05) is 14.2 Å². The predicted octanol–water partition coefficient (Wildman–Crippen LogP) is 3.78. The van der Waals surface area contributed by atoms with Gasteiger partial charge >= 0.3 is 0 Å². The summed E-state index contributed by atoms with van der Waals surface area (Å²) in [5, 5.41) is 0. The van der Waals surface area contributed by atoms with E-state index in [0.29, 0.717) is 23.5 Å². The first-order chi connectivity index (χ1) is 9.24. The molecule has 0 unspecified atom stereocenters. The first kappa shape index (κ1) is 13.7. The van der Waals surface area contributed by atoms with Gasteiger partial charge in [0.05, 0.1) is 19.8 Å². The Morgan fingerprint density at radius 1 is 1.21 bits per heavy atom. The molecule has 0 saturated heterocycles. The first-order valence-corrected chi connectivity index (χ1v) is 6.67. The number of allylic oxidation sites excluding steroid dienone is 2. The van der Waals surface area contributed by atoms with Crippen molar-refractivity contribution in [3.05, 3.63) is 35.4 Å². The van der Waals surface area contributed by atoms with Crippen molar-refractivity contribution >= 4 is 5.78 Å². The second-order valence-corrected chi connectivity index (χ2v) is 4.77. The van der Waals surface area contributed by atoms with Gasteiger partial charge in [0.25, 0.3) is 0 Å². The summed E-state index contributed by atoms with van der Waals surface area (Å²) in [6.07, 6.45) is 7.25. The van der Waals surface area contributed by atoms with Crippen LogP contribution in [0.15, 0.2) is 29.8 Å². The van der Waals surface area contributed by atoms with Crippen LogP contribution in [0.5, 0.6) is 11.5 Å². The lowest BCUT2D eigenvalue weighted by molar-refractivity contribution is 0.0988. The van der Waals surface area contributed by atoms with Gasteiger partial charge in [0, 0.05) is 6.42 Å². The number of ketones is 1. The topological polar surface area (TPSA) is 35.5 Å². The van der Waals surface area contributed by atoms with Gasteiger partial charge in [0.2, 0.25) is 0 Å². The average Bonchev–Trinajstić information content (AvgIpc) is 2.47. The lowest BCUT2D eigenvalue weighted by atomic mass is 9.93. The zero-order valence-corrected chi connectivity index (χ0v) is 11.6. The fourth-order valence-corrected chi connectivity index (χ4v) is 2.40. The van der Waals surface area contributed by atoms with Crippen LogP contribution in [0.1, 0.15) is 42.5 Å². The summed E-state index contributed by atoms with van der Waals surface area (Å²) in [7, 11) is 3.18. The Morgan fingerprint density at radius 2 is 2.05 bits per heavy atom. The fourth-order valence-electron chi connectivity index (χ4n) is 2.40. The third-order valence-electron chi connectivity index (χ3n) is 3.48. The molecule has 0 N–H and O–H groups in total. The number of Topliss-reactive ketones (excluding diaryl/α,β-unsaturated/α-hetero) is 1. The van der Waals surface area contributed by atoms with E-state index in [1.165, 1.54) is 18.4 Å². The van der Waals surface area contributed by atoms with E-state index in [2.05, 4.69) is 6.08 Å². The Balaban J connectivity index is 2.19. The Hall–Kier alpha value is -1.77. The molecular weight excluding hydrogens is 240 g/mol. The molecule has 0 atom stereocenters. The summed E-state index contributed by atoms with van der Waals surface area (Å²) in [6.45, 7) is 0. The predicted molar refractivity (Wildman–Crippen MR) is 75.0 cm³/mol. The van der Waals surface area contributed by atoms with Crippen LogP contribution < -0.4 is 9.47 Å². The molecule has 102 valence electrons. The third-order valence-corrected chi connectivity index (χ3v) is 3.48. The largest absolute Gasteiger partial charge is 0.497 e. The molecule has 0 aliphatic heterocycles. The highest BCUT2D eigenvalue weighted by Gasteiger charge is 2.16. The monoisotopic (exact) mass is 260 g/mol. The van der Waals surface area contributed by atoms with Crippen molar-refractivity contribution in [1.29, 1.82) is 0 Å². The Kier molecular flexibility index (Phi) is 4.61. The van der Waals surface area contributed by atoms with Crippen molar-refractivity contribution in [3.63, 3.8) is 0 Å². The number of benzene rings is 1. The molecule has 0 saturated carbocycles. The van der Waals surface area contributed by atoms with Crippen LogP contribution in [0, 0.1) is 0 Å². The highest BCUT2D eigenvalue weighted by atomic mass is 16.5. The molecule has 0 aromatic heterocycles. The number of hydrogen-bond donors (Lipinski definition) is 0. The number of rotatable bonds is 5. The van der Waals surface area contributed by atoms with E-state index in [0.717, 1.165) is 12.8 Å². The van der Waals surface area contributed by atoms with E-state index in [1.807, 2.05) is 0 Å². The normalized spacial score (nSPS) is 14.7. The summed E-state index contributed by atoms with van der Waals surface area (Å²) in [5.41, 5.74) is 1.86. The van der Waals surface area contributed by atoms with Gasteiger partial charge in [-0.25, -0.2) is 0 Å². The Labute approximate surface area is 114 Å². The highest BCUT2D eigenvalue weighted by molar-refractivity contribution is 6.00. The highest BCUT2D eigenvalue weighted by Crippen LogP contribution is 2.28. The van der Waals surface area contributed by atoms with Gasteiger partial charge in [-0.3, -0.25) is 4.79 Å². The maximum atomic E-state index is 12.4. The summed E-state index contributed by atoms with van der Waals surface area (Å²) in [5.74, 6) is 1.40. The van der Waals surface area contributed by atoms with Crippen molar-refractivity contribution in [1.82, 2.24) is 0 Å². The van der Waals surface area contributed by atoms with E-state index in [1.54, 1.807) is 32.4 Å². The maximum absolute atomic E-state index is 12.4. The van der Waals surface area contributed by atoms with Crippen molar-refractivity contribution in [3.8, 4) is 11.5 Å². The van der Waals surface area contributed by atoms with Crippen LogP contribution in [-0.4, -0.2) is 20.0 Å². The fraction of sp³-hybridized carbons (Fsp3) is 0.438. The summed E-state index contributed by atoms with van der Waals surface area (Å²) in [6, 6.07) is 5.33. The molecule has 3 heteroatoms. The van der Waals surface area contributed by atoms with Gasteiger partial charge in [-0.1, -0.05) is 11.6 Å². The molecule has 0 fully saturated rings. The molecular formula is C16H20O3. The van der Waals surface area contributed by atoms with E-state index in [9.17, 15) is 4.79 Å². The van der Waals surface area contributed by atoms with Crippen LogP contribution in [0.4, 0.5) is 0 Å². The molecule has 0 amide bonds. The SMILES string of the molecule is COc1ccc(OC)c(C(=O)CC2=CCCCC2)c1. The zero-order valence-electron chi connectivity index (χ0n) is 11.6. The van der Waals surface area contributed by atoms with Crippen LogP contribution in [0.25, 0.3) is 0 Å². The smallest absolute Gasteiger partial charge is 0.170 e. The van der Waals surface area contributed by atoms with E-state index in [4.69, 9.17) is 9.47 Å². The van der Waals surface area contributed by atoms with Gasteiger partial charge in [-0.05, 0) is 43.9 Å². The van der Waals surface area contributed by atoms with Gasteiger partial charge in [0.15, 0.2) is 5.78 Å². The van der Waals surface area contributed by atoms with Gasteiger partial charge in [-0.15, -0.1) is 0 Å². The standard InChI is InChI=1S/C16H20O3/c1-18-13-8-9-16(19-2)14(11-13)15(17)10-12-6-4-3-5-7-12/h6,8-9,11H,3-5,7,10H2,1-2H3. The molecule has 1 aromatic carbocycles. The molecule has 1 aromatic rings. The second-order valence-electron chi connectivity index (χ2n) is 4.77. The molecule has 0 heterocycles. The maximum Gasteiger partial charge on any atom is 0.170 e. The number of carbonyl (C=O) groups is 1. The van der Waals surface area contributed by atoms with E-state index < -0.39 is 0 Å². The number of ether oxygens (including phenoxy) is 2. The lowest BCUT2D eigenvalue weighted by Gasteiger charge is -2.13. The molecule has 2 rings (SSSR count). The van der Waals surface area contributed by atoms with E-state index in [-0.39, 0.29) is 5.78 Å². The minimum Gasteiger partial charge on any atom is -0.497 e. The minimum atomic E-state index is 0.101. The number of hydrogen-bond acceptors (Lipinski definition) is 3. The molecule has 0 radical (unpaired) electrons. The van der Waals surface area contributed by atoms with E-state index >= 15 is 0 Å². The van der Waals surface area contributed by atoms with Crippen molar-refractivity contribution in [2.45, 2.75) is 32.1 Å². The van der Waals surface area contributed by atoms with Crippen LogP contribution >= 0.6 is 0 Å². The minimum absolute atomic E-state index is 0.101. The molecule has 0 bridgehead atoms. The lowest BCUT2D eigenvalue weighted by Crippen LogP contribution is -2.05. The summed E-state index contributed by atoms with van der Waals surface area (Å²) < 4.78 is 10.4. The van der Waals surface area contributed by atoms with Crippen molar-refractivity contribution < 1.29 is 14.3 Å². The van der Waals surface area contributed by atoms with Gasteiger partial charge in [-0.2, -0.15) is 0 Å². The number of methoxy groups -OCH3 is 2. The zero-order chi connectivity index (χ0) is 13.7. The van der Waals surface area contributed by atoms with Crippen LogP contribution in [-0.2, 0) is 0 Å². The summed E-state index contributed by atoms with van der Waals surface area (Å²) in [4.78, 5) is 12.4. The van der Waals surface area contributed by atoms with Crippen LogP contribution in [0.2, 0.25) is 0 Å². The van der Waals surface area contributed by atoms with Gasteiger partial charge in [0.1, 0.15) is 11.5 Å². The van der Waals surface area contributed by atoms with Crippen molar-refractivity contribution in [2.24, 2.45) is 0 Å². The molecule has 19 heavy (non-hydrogen) atoms. The molecule has 0 spiro atoms. The molecule has 1 aliphatic carbocycles. The molecule has 1 aliphatic rings.